The fourth-order valence-corrected chi connectivity index (χ4v) is 4.73. The van der Waals surface area contributed by atoms with Crippen molar-refractivity contribution in [3.63, 3.8) is 0 Å². The van der Waals surface area contributed by atoms with Crippen molar-refractivity contribution in [2.75, 3.05) is 13.2 Å². The average Bonchev–Trinajstić information content (AvgIpc) is 2.77. The van der Waals surface area contributed by atoms with Crippen LogP contribution in [0.15, 0.2) is 36.4 Å². The quantitative estimate of drug-likeness (QED) is 0.599. The first-order valence-electron chi connectivity index (χ1n) is 10.6. The second-order valence-corrected chi connectivity index (χ2v) is 9.30. The molecule has 0 spiro atoms. The number of carbonyl (C=O) groups is 1. The van der Waals surface area contributed by atoms with E-state index in [0.717, 1.165) is 38.5 Å². The Labute approximate surface area is 185 Å². The summed E-state index contributed by atoms with van der Waals surface area (Å²) in [5.41, 5.74) is 0.375. The number of hydrogen-bond acceptors (Lipinski definition) is 3. The maximum Gasteiger partial charge on any atom is 0.258 e. The normalized spacial score (nSPS) is 24.6. The van der Waals surface area contributed by atoms with Gasteiger partial charge in [0.25, 0.3) is 5.91 Å². The summed E-state index contributed by atoms with van der Waals surface area (Å²) >= 11 is 5.73. The largest absolute Gasteiger partial charge is 0.493 e. The Kier molecular flexibility index (Phi) is 6.11. The molecule has 2 bridgehead atoms. The van der Waals surface area contributed by atoms with Gasteiger partial charge in [0.15, 0.2) is 6.61 Å². The number of ether oxygens (including phenoxy) is 2. The molecule has 2 aromatic rings. The lowest BCUT2D eigenvalue weighted by atomic mass is 9.57. The highest BCUT2D eigenvalue weighted by atomic mass is 35.5. The molecular weight excluding hydrogens is 424 g/mol. The summed E-state index contributed by atoms with van der Waals surface area (Å²) in [7, 11) is 0. The van der Waals surface area contributed by atoms with Crippen LogP contribution in [0, 0.1) is 24.0 Å². The lowest BCUT2D eigenvalue weighted by Crippen LogP contribution is -2.58. The zero-order valence-electron chi connectivity index (χ0n) is 17.5. The van der Waals surface area contributed by atoms with Crippen molar-refractivity contribution < 1.29 is 23.0 Å². The van der Waals surface area contributed by atoms with Crippen LogP contribution in [0.5, 0.6) is 11.5 Å². The van der Waals surface area contributed by atoms with Crippen LogP contribution < -0.4 is 14.8 Å². The van der Waals surface area contributed by atoms with Gasteiger partial charge in [0, 0.05) is 23.1 Å². The Morgan fingerprint density at radius 3 is 2.23 bits per heavy atom. The van der Waals surface area contributed by atoms with E-state index in [1.54, 1.807) is 25.1 Å². The third kappa shape index (κ3) is 4.95. The minimum absolute atomic E-state index is 0.0541. The van der Waals surface area contributed by atoms with Gasteiger partial charge in [-0.15, -0.1) is 0 Å². The molecule has 0 atom stereocenters. The molecule has 4 nitrogen and oxygen atoms in total. The number of fused-ring (bicyclic) bond motifs is 3. The SMILES string of the molecule is Cc1ccc(OCC(=O)NC23CCC(COc4ccc(Cl)c(F)c4)(CC2)CC3)cc1F. The highest BCUT2D eigenvalue weighted by Crippen LogP contribution is 2.52. The summed E-state index contributed by atoms with van der Waals surface area (Å²) in [6, 6.07) is 9.07. The smallest absolute Gasteiger partial charge is 0.258 e. The fraction of sp³-hybridized carbons (Fsp3) is 0.458. The van der Waals surface area contributed by atoms with Crippen LogP contribution in [0.3, 0.4) is 0 Å². The summed E-state index contributed by atoms with van der Waals surface area (Å²) in [5, 5.41) is 3.24. The van der Waals surface area contributed by atoms with Crippen LogP contribution in [0.4, 0.5) is 8.78 Å². The van der Waals surface area contributed by atoms with E-state index in [9.17, 15) is 13.6 Å². The molecule has 0 saturated heterocycles. The molecule has 3 aliphatic carbocycles. The van der Waals surface area contributed by atoms with Gasteiger partial charge in [-0.1, -0.05) is 17.7 Å². The molecule has 3 fully saturated rings. The molecule has 0 radical (unpaired) electrons. The third-order valence-electron chi connectivity index (χ3n) is 6.76. The highest BCUT2D eigenvalue weighted by molar-refractivity contribution is 6.30. The van der Waals surface area contributed by atoms with Crippen molar-refractivity contribution in [3.8, 4) is 11.5 Å². The highest BCUT2D eigenvalue weighted by Gasteiger charge is 2.49. The van der Waals surface area contributed by atoms with Gasteiger partial charge in [0.1, 0.15) is 23.1 Å². The van der Waals surface area contributed by atoms with E-state index in [1.807, 2.05) is 0 Å². The summed E-state index contributed by atoms with van der Waals surface area (Å²) < 4.78 is 38.6. The number of benzene rings is 2. The van der Waals surface area contributed by atoms with Gasteiger partial charge in [-0.05, 0) is 69.2 Å². The predicted molar refractivity (Wildman–Crippen MR) is 115 cm³/mol. The van der Waals surface area contributed by atoms with Crippen LogP contribution in [0.25, 0.3) is 0 Å². The monoisotopic (exact) mass is 449 g/mol. The molecule has 5 rings (SSSR count). The van der Waals surface area contributed by atoms with Crippen molar-refractivity contribution in [2.45, 2.75) is 51.0 Å². The van der Waals surface area contributed by atoms with Gasteiger partial charge in [-0.2, -0.15) is 0 Å². The van der Waals surface area contributed by atoms with Crippen LogP contribution in [0.1, 0.15) is 44.1 Å². The summed E-state index contributed by atoms with van der Waals surface area (Å²) in [6.45, 7) is 2.07. The fourth-order valence-electron chi connectivity index (χ4n) is 4.61. The predicted octanol–water partition coefficient (Wildman–Crippen LogP) is 5.59. The van der Waals surface area contributed by atoms with Crippen LogP contribution >= 0.6 is 11.6 Å². The standard InChI is InChI=1S/C24H26ClF2NO3/c1-16-2-3-17(12-20(16)26)30-14-22(29)28-24-9-6-23(7-10-24,8-11-24)15-31-18-4-5-19(25)21(27)13-18/h2-5,12-13H,6-11,14-15H2,1H3,(H,28,29). The third-order valence-corrected chi connectivity index (χ3v) is 7.06. The number of halogens is 3. The van der Waals surface area contributed by atoms with E-state index in [-0.39, 0.29) is 34.3 Å². The van der Waals surface area contributed by atoms with Gasteiger partial charge in [-0.25, -0.2) is 8.78 Å². The number of rotatable bonds is 7. The topological polar surface area (TPSA) is 47.6 Å². The minimum atomic E-state index is -0.485. The van der Waals surface area contributed by atoms with E-state index in [4.69, 9.17) is 21.1 Å². The van der Waals surface area contributed by atoms with Crippen LogP contribution in [-0.4, -0.2) is 24.7 Å². The molecular formula is C24H26ClF2NO3. The van der Waals surface area contributed by atoms with Gasteiger partial charge >= 0.3 is 0 Å². The van der Waals surface area contributed by atoms with E-state index in [0.29, 0.717) is 23.7 Å². The number of hydrogen-bond donors (Lipinski definition) is 1. The first-order chi connectivity index (χ1) is 14.8. The molecule has 0 aliphatic heterocycles. The van der Waals surface area contributed by atoms with Gasteiger partial charge < -0.3 is 14.8 Å². The molecule has 0 aromatic heterocycles. The molecule has 0 heterocycles. The van der Waals surface area contributed by atoms with Gasteiger partial charge in [0.05, 0.1) is 11.6 Å². The molecule has 0 unspecified atom stereocenters. The maximum absolute atomic E-state index is 13.6. The van der Waals surface area contributed by atoms with Gasteiger partial charge in [-0.3, -0.25) is 4.79 Å². The second kappa shape index (κ2) is 8.65. The van der Waals surface area contributed by atoms with Crippen LogP contribution in [-0.2, 0) is 4.79 Å². The number of carbonyl (C=O) groups excluding carboxylic acids is 1. The Morgan fingerprint density at radius 1 is 0.968 bits per heavy atom. The number of nitrogens with one attached hydrogen (secondary N) is 1. The zero-order chi connectivity index (χ0) is 22.1. The van der Waals surface area contributed by atoms with Gasteiger partial charge in [0.2, 0.25) is 0 Å². The van der Waals surface area contributed by atoms with E-state index >= 15 is 0 Å². The van der Waals surface area contributed by atoms with Crippen molar-refractivity contribution in [2.24, 2.45) is 5.41 Å². The van der Waals surface area contributed by atoms with Crippen molar-refractivity contribution in [1.82, 2.24) is 5.32 Å². The first-order valence-corrected chi connectivity index (χ1v) is 10.9. The lowest BCUT2D eigenvalue weighted by Gasteiger charge is -2.53. The molecule has 1 amide bonds. The number of amides is 1. The molecule has 7 heteroatoms. The zero-order valence-corrected chi connectivity index (χ0v) is 18.2. The molecule has 1 N–H and O–H groups in total. The number of aryl methyl sites for hydroxylation is 1. The van der Waals surface area contributed by atoms with Crippen LogP contribution in [0.2, 0.25) is 5.02 Å². The minimum Gasteiger partial charge on any atom is -0.493 e. The second-order valence-electron chi connectivity index (χ2n) is 8.89. The van der Waals surface area contributed by atoms with Crippen molar-refractivity contribution >= 4 is 17.5 Å². The summed E-state index contributed by atoms with van der Waals surface area (Å²) in [4.78, 5) is 12.5. The summed E-state index contributed by atoms with van der Waals surface area (Å²) in [6.07, 6.45) is 5.43. The Hall–Kier alpha value is -2.34. The lowest BCUT2D eigenvalue weighted by molar-refractivity contribution is -0.127. The molecule has 3 aliphatic rings. The first kappa shape index (κ1) is 21.9. The van der Waals surface area contributed by atoms with E-state index in [1.165, 1.54) is 18.2 Å². The summed E-state index contributed by atoms with van der Waals surface area (Å²) in [5.74, 6) is -0.199. The average molecular weight is 450 g/mol. The molecule has 166 valence electrons. The Balaban J connectivity index is 1.27. The molecule has 2 aromatic carbocycles. The van der Waals surface area contributed by atoms with Crippen molar-refractivity contribution in [1.29, 1.82) is 0 Å². The maximum atomic E-state index is 13.6. The van der Waals surface area contributed by atoms with Crippen molar-refractivity contribution in [3.05, 3.63) is 58.6 Å². The van der Waals surface area contributed by atoms with E-state index < -0.39 is 5.82 Å². The Morgan fingerprint density at radius 2 is 1.58 bits per heavy atom. The van der Waals surface area contributed by atoms with E-state index in [2.05, 4.69) is 5.32 Å². The molecule has 3 saturated carbocycles. The molecule has 31 heavy (non-hydrogen) atoms. The Bertz CT molecular complexity index is 957.